The van der Waals surface area contributed by atoms with Crippen molar-refractivity contribution < 1.29 is 19.4 Å². The van der Waals surface area contributed by atoms with Crippen LogP contribution in [-0.2, 0) is 4.74 Å². The number of hydrogen-bond acceptors (Lipinski definition) is 5. The fourth-order valence-electron chi connectivity index (χ4n) is 3.36. The molecule has 0 aromatic heterocycles. The van der Waals surface area contributed by atoms with Crippen LogP contribution in [0.1, 0.15) is 63.2 Å². The number of nitrogens with zero attached hydrogens (tertiary/aromatic N) is 1. The molecule has 5 heteroatoms. The number of carbonyl (C=O) groups is 1. The molecular formula is C21H33NO4. The lowest BCUT2D eigenvalue weighted by Gasteiger charge is -2.37. The zero-order valence-corrected chi connectivity index (χ0v) is 16.4. The van der Waals surface area contributed by atoms with E-state index in [-0.39, 0.29) is 17.8 Å². The van der Waals surface area contributed by atoms with Gasteiger partial charge in [-0.25, -0.2) is 4.79 Å². The third-order valence-corrected chi connectivity index (χ3v) is 5.20. The monoisotopic (exact) mass is 363 g/mol. The van der Waals surface area contributed by atoms with Gasteiger partial charge in [0.25, 0.3) is 0 Å². The molecule has 1 aliphatic heterocycles. The minimum Gasteiger partial charge on any atom is -0.504 e. The number of benzene rings is 1. The zero-order chi connectivity index (χ0) is 18.9. The molecule has 5 nitrogen and oxygen atoms in total. The van der Waals surface area contributed by atoms with Crippen molar-refractivity contribution in [3.8, 4) is 11.5 Å². The first-order chi connectivity index (χ1) is 12.6. The third kappa shape index (κ3) is 5.63. The maximum atomic E-state index is 12.5. The number of esters is 1. The largest absolute Gasteiger partial charge is 0.504 e. The highest BCUT2D eigenvalue weighted by molar-refractivity contribution is 5.90. The normalized spacial score (nSPS) is 17.5. The van der Waals surface area contributed by atoms with Crippen LogP contribution in [0.5, 0.6) is 11.5 Å². The fourth-order valence-corrected chi connectivity index (χ4v) is 3.36. The average Bonchev–Trinajstić information content (AvgIpc) is 2.67. The quantitative estimate of drug-likeness (QED) is 0.665. The Labute approximate surface area is 157 Å². The number of rotatable bonds is 9. The van der Waals surface area contributed by atoms with Crippen LogP contribution in [0.2, 0.25) is 0 Å². The molecule has 1 fully saturated rings. The van der Waals surface area contributed by atoms with Crippen molar-refractivity contribution in [2.75, 3.05) is 26.3 Å². The Morgan fingerprint density at radius 3 is 2.62 bits per heavy atom. The van der Waals surface area contributed by atoms with Gasteiger partial charge < -0.3 is 14.6 Å². The molecular weight excluding hydrogens is 330 g/mol. The van der Waals surface area contributed by atoms with Crippen molar-refractivity contribution in [3.63, 3.8) is 0 Å². The third-order valence-electron chi connectivity index (χ3n) is 5.20. The van der Waals surface area contributed by atoms with Crippen molar-refractivity contribution >= 4 is 5.97 Å². The number of piperidine rings is 1. The van der Waals surface area contributed by atoms with Crippen molar-refractivity contribution in [1.82, 2.24) is 4.90 Å². The van der Waals surface area contributed by atoms with Crippen LogP contribution in [0.4, 0.5) is 0 Å². The molecule has 2 rings (SSSR count). The van der Waals surface area contributed by atoms with Gasteiger partial charge in [0.1, 0.15) is 6.61 Å². The van der Waals surface area contributed by atoms with Gasteiger partial charge in [0, 0.05) is 6.04 Å². The number of ether oxygens (including phenoxy) is 2. The van der Waals surface area contributed by atoms with Gasteiger partial charge in [0.05, 0.1) is 12.2 Å². The van der Waals surface area contributed by atoms with E-state index in [1.807, 2.05) is 6.92 Å². The Bertz CT molecular complexity index is 569. The molecule has 2 atom stereocenters. The Morgan fingerprint density at radius 1 is 1.23 bits per heavy atom. The predicted molar refractivity (Wildman–Crippen MR) is 103 cm³/mol. The van der Waals surface area contributed by atoms with Gasteiger partial charge in [-0.3, -0.25) is 4.90 Å². The summed E-state index contributed by atoms with van der Waals surface area (Å²) in [6, 6.07) is 4.89. The zero-order valence-electron chi connectivity index (χ0n) is 16.4. The molecule has 1 N–H and O–H groups in total. The molecule has 0 aliphatic carbocycles. The van der Waals surface area contributed by atoms with E-state index in [0.29, 0.717) is 30.4 Å². The maximum Gasteiger partial charge on any atom is 0.338 e. The van der Waals surface area contributed by atoms with Crippen LogP contribution in [-0.4, -0.2) is 48.3 Å². The van der Waals surface area contributed by atoms with Gasteiger partial charge in [0.2, 0.25) is 0 Å². The Morgan fingerprint density at radius 2 is 1.96 bits per heavy atom. The van der Waals surface area contributed by atoms with E-state index in [2.05, 4.69) is 18.7 Å². The van der Waals surface area contributed by atoms with Crippen molar-refractivity contribution in [1.29, 1.82) is 0 Å². The summed E-state index contributed by atoms with van der Waals surface area (Å²) in [5.41, 5.74) is 0.412. The van der Waals surface area contributed by atoms with Gasteiger partial charge in [-0.1, -0.05) is 33.6 Å². The lowest BCUT2D eigenvalue weighted by molar-refractivity contribution is 0.0210. The van der Waals surface area contributed by atoms with Crippen molar-refractivity contribution in [2.45, 2.75) is 58.9 Å². The first-order valence-corrected chi connectivity index (χ1v) is 9.93. The lowest BCUT2D eigenvalue weighted by Crippen LogP contribution is -2.46. The van der Waals surface area contributed by atoms with Gasteiger partial charge in [-0.05, 0) is 56.5 Å². The number of aromatic hydroxyl groups is 1. The summed E-state index contributed by atoms with van der Waals surface area (Å²) in [7, 11) is 0. The number of carbonyl (C=O) groups excluding carboxylic acids is 1. The van der Waals surface area contributed by atoms with E-state index in [1.54, 1.807) is 12.1 Å². The summed E-state index contributed by atoms with van der Waals surface area (Å²) < 4.78 is 11.1. The lowest BCUT2D eigenvalue weighted by atomic mass is 9.96. The Kier molecular flexibility index (Phi) is 8.23. The van der Waals surface area contributed by atoms with Crippen LogP contribution in [0.15, 0.2) is 18.2 Å². The highest BCUT2D eigenvalue weighted by Gasteiger charge is 2.26. The summed E-state index contributed by atoms with van der Waals surface area (Å²) in [6.45, 7) is 9.47. The van der Waals surface area contributed by atoms with Crippen LogP contribution >= 0.6 is 0 Å². The van der Waals surface area contributed by atoms with E-state index in [4.69, 9.17) is 9.47 Å². The molecule has 146 valence electrons. The van der Waals surface area contributed by atoms with E-state index >= 15 is 0 Å². The second-order valence-electron chi connectivity index (χ2n) is 7.18. The summed E-state index contributed by atoms with van der Waals surface area (Å²) in [6.07, 6.45) is 5.62. The second kappa shape index (κ2) is 10.4. The molecule has 1 unspecified atom stereocenters. The van der Waals surface area contributed by atoms with Gasteiger partial charge >= 0.3 is 5.97 Å². The molecule has 26 heavy (non-hydrogen) atoms. The molecule has 0 bridgehead atoms. The minimum absolute atomic E-state index is 0.0424. The molecule has 0 saturated carbocycles. The van der Waals surface area contributed by atoms with Gasteiger partial charge in [-0.2, -0.15) is 0 Å². The number of likely N-dealkylation sites (tertiary alicyclic amines) is 1. The average molecular weight is 363 g/mol. The standard InChI is InChI=1S/C21H33NO4/c1-4-13-25-20-14-17(9-10-19(20)23)21(24)26-15-18(16(3)5-2)22-11-7-6-8-12-22/h9-10,14,16,18,23H,4-8,11-13,15H2,1-3H3/t16?,18-/m1/s1. The first-order valence-electron chi connectivity index (χ1n) is 9.93. The van der Waals surface area contributed by atoms with Gasteiger partial charge in [0.15, 0.2) is 11.5 Å². The van der Waals surface area contributed by atoms with Crippen LogP contribution in [0, 0.1) is 5.92 Å². The minimum atomic E-state index is -0.364. The first kappa shape index (κ1) is 20.6. The van der Waals surface area contributed by atoms with E-state index in [1.165, 1.54) is 25.3 Å². The van der Waals surface area contributed by atoms with Crippen LogP contribution in [0.3, 0.4) is 0 Å². The molecule has 1 aliphatic rings. The van der Waals surface area contributed by atoms with E-state index in [0.717, 1.165) is 25.9 Å². The number of hydrogen-bond donors (Lipinski definition) is 1. The molecule has 0 radical (unpaired) electrons. The predicted octanol–water partition coefficient (Wildman–Crippen LogP) is 4.24. The summed E-state index contributed by atoms with van der Waals surface area (Å²) in [5.74, 6) is 0.484. The number of phenols is 1. The van der Waals surface area contributed by atoms with E-state index in [9.17, 15) is 9.90 Å². The molecule has 1 saturated heterocycles. The highest BCUT2D eigenvalue weighted by Crippen LogP contribution is 2.27. The summed E-state index contributed by atoms with van der Waals surface area (Å²) >= 11 is 0. The van der Waals surface area contributed by atoms with Gasteiger partial charge in [-0.15, -0.1) is 0 Å². The van der Waals surface area contributed by atoms with Crippen LogP contribution in [0.25, 0.3) is 0 Å². The Balaban J connectivity index is 2.00. The fraction of sp³-hybridized carbons (Fsp3) is 0.667. The molecule has 0 amide bonds. The molecule has 1 aromatic rings. The summed E-state index contributed by atoms with van der Waals surface area (Å²) in [4.78, 5) is 15.0. The van der Waals surface area contributed by atoms with Crippen LogP contribution < -0.4 is 4.74 Å². The second-order valence-corrected chi connectivity index (χ2v) is 7.18. The Hall–Kier alpha value is -1.75. The smallest absolute Gasteiger partial charge is 0.338 e. The maximum absolute atomic E-state index is 12.5. The van der Waals surface area contributed by atoms with Crippen molar-refractivity contribution in [3.05, 3.63) is 23.8 Å². The highest BCUT2D eigenvalue weighted by atomic mass is 16.5. The van der Waals surface area contributed by atoms with E-state index < -0.39 is 0 Å². The molecule has 1 aromatic carbocycles. The molecule has 0 spiro atoms. The SMILES string of the molecule is CCCOc1cc(C(=O)OC[C@H](C(C)CC)N2CCCCC2)ccc1O. The summed E-state index contributed by atoms with van der Waals surface area (Å²) in [5, 5.41) is 9.85. The number of phenolic OH excluding ortho intramolecular Hbond substituents is 1. The molecule has 1 heterocycles. The topological polar surface area (TPSA) is 59.0 Å². The van der Waals surface area contributed by atoms with Crippen molar-refractivity contribution in [2.24, 2.45) is 5.92 Å².